The van der Waals surface area contributed by atoms with Gasteiger partial charge in [0.15, 0.2) is 0 Å². The summed E-state index contributed by atoms with van der Waals surface area (Å²) in [6, 6.07) is 5.24. The SMILES string of the molecule is COc1ccc(CN2ONOC3C(OCC4NC[C@@H]5CC[C@H]4N5C(=O)O)NC(Cl)CC32)c(OC)c1. The van der Waals surface area contributed by atoms with E-state index < -0.39 is 18.4 Å². The number of methoxy groups -OCH3 is 2. The second-order valence-electron chi connectivity index (χ2n) is 9.20. The van der Waals surface area contributed by atoms with Crippen molar-refractivity contribution in [1.29, 1.82) is 0 Å². The molecule has 4 aliphatic rings. The maximum absolute atomic E-state index is 11.7. The van der Waals surface area contributed by atoms with Gasteiger partial charge in [0.05, 0.1) is 51.0 Å². The van der Waals surface area contributed by atoms with Gasteiger partial charge >= 0.3 is 6.09 Å². The van der Waals surface area contributed by atoms with Crippen LogP contribution in [0.2, 0.25) is 0 Å². The summed E-state index contributed by atoms with van der Waals surface area (Å²) in [5.74, 6) is 1.38. The molecule has 5 rings (SSSR count). The van der Waals surface area contributed by atoms with Gasteiger partial charge in [-0.2, -0.15) is 10.0 Å². The summed E-state index contributed by atoms with van der Waals surface area (Å²) in [5.41, 5.74) is 3.09. The highest BCUT2D eigenvalue weighted by atomic mass is 35.5. The first-order valence-electron chi connectivity index (χ1n) is 11.8. The number of rotatable bonds is 7. The van der Waals surface area contributed by atoms with Gasteiger partial charge in [-0.05, 0) is 25.3 Å². The zero-order chi connectivity index (χ0) is 24.5. The number of nitrogens with one attached hydrogen (secondary N) is 3. The molecule has 0 aromatic heterocycles. The fourth-order valence-corrected chi connectivity index (χ4v) is 5.86. The molecule has 0 saturated carbocycles. The van der Waals surface area contributed by atoms with Crippen molar-refractivity contribution in [2.45, 2.75) is 67.8 Å². The number of amides is 1. The standard InChI is InChI=1S/C22H32ClN5O7/c1-31-14-5-3-12(18(7-14)32-2)10-27-17-8-19(23)25-21(20(17)34-26-35-27)33-11-15-16-6-4-13(9-24-15)28(16)22(29)30/h3,5,7,13,15-17,19-21,24-26H,4,6,8-11H2,1-2H3,(H,29,30)/t13-,15?,16+,17?,19?,20?,21?/m0/s1. The molecule has 4 N–H and O–H groups in total. The number of piperidine rings is 1. The van der Waals surface area contributed by atoms with Gasteiger partial charge in [-0.1, -0.05) is 11.7 Å². The minimum atomic E-state index is -0.873. The lowest BCUT2D eigenvalue weighted by atomic mass is 10.00. The number of hydrogen-bond donors (Lipinski definition) is 4. The van der Waals surface area contributed by atoms with Crippen LogP contribution in [0, 0.1) is 0 Å². The first-order valence-corrected chi connectivity index (χ1v) is 12.2. The van der Waals surface area contributed by atoms with Gasteiger partial charge < -0.3 is 24.6 Å². The number of carbonyl (C=O) groups is 1. The van der Waals surface area contributed by atoms with E-state index in [0.717, 1.165) is 18.4 Å². The molecule has 4 aliphatic heterocycles. The topological polar surface area (TPSA) is 126 Å². The Hall–Kier alpha value is -1.90. The molecular weight excluding hydrogens is 482 g/mol. The highest BCUT2D eigenvalue weighted by Crippen LogP contribution is 2.33. The van der Waals surface area contributed by atoms with Crippen molar-refractivity contribution in [3.8, 4) is 11.5 Å². The molecule has 1 aromatic rings. The van der Waals surface area contributed by atoms with E-state index in [2.05, 4.69) is 16.3 Å². The van der Waals surface area contributed by atoms with Crippen LogP contribution >= 0.6 is 11.6 Å². The third kappa shape index (κ3) is 5.02. The number of hydroxylamine groups is 2. The van der Waals surface area contributed by atoms with E-state index in [1.54, 1.807) is 24.2 Å². The molecule has 4 heterocycles. The van der Waals surface area contributed by atoms with Gasteiger partial charge in [-0.25, -0.2) is 4.79 Å². The molecule has 2 bridgehead atoms. The average molecular weight is 514 g/mol. The third-order valence-corrected chi connectivity index (χ3v) is 7.61. The van der Waals surface area contributed by atoms with Crippen molar-refractivity contribution in [2.24, 2.45) is 0 Å². The first kappa shape index (κ1) is 24.8. The Morgan fingerprint density at radius 3 is 2.89 bits per heavy atom. The number of carboxylic acid groups (broad SMARTS) is 1. The summed E-state index contributed by atoms with van der Waals surface area (Å²) in [6.45, 7) is 1.37. The zero-order valence-electron chi connectivity index (χ0n) is 19.7. The largest absolute Gasteiger partial charge is 0.497 e. The van der Waals surface area contributed by atoms with Crippen molar-refractivity contribution >= 4 is 17.7 Å². The summed E-state index contributed by atoms with van der Waals surface area (Å²) in [7, 11) is 3.22. The maximum Gasteiger partial charge on any atom is 0.407 e. The summed E-state index contributed by atoms with van der Waals surface area (Å²) in [5, 5.41) is 18.1. The number of nitrogens with zero attached hydrogens (tertiary/aromatic N) is 2. The Morgan fingerprint density at radius 1 is 1.26 bits per heavy atom. The Morgan fingerprint density at radius 2 is 2.11 bits per heavy atom. The monoisotopic (exact) mass is 513 g/mol. The van der Waals surface area contributed by atoms with Crippen LogP contribution in [0.1, 0.15) is 24.8 Å². The average Bonchev–Trinajstić information content (AvgIpc) is 3.18. The lowest BCUT2D eigenvalue weighted by Crippen LogP contribution is -2.67. The van der Waals surface area contributed by atoms with Crippen molar-refractivity contribution < 1.29 is 33.9 Å². The number of alkyl halides is 1. The second kappa shape index (κ2) is 10.6. The predicted molar refractivity (Wildman–Crippen MR) is 124 cm³/mol. The Bertz CT molecular complexity index is 913. The van der Waals surface area contributed by atoms with Crippen LogP contribution in [0.3, 0.4) is 0 Å². The number of halogens is 1. The molecule has 1 aromatic carbocycles. The van der Waals surface area contributed by atoms with E-state index in [0.29, 0.717) is 37.6 Å². The Balaban J connectivity index is 1.26. The summed E-state index contributed by atoms with van der Waals surface area (Å²) in [6.07, 6.45) is 0.437. The summed E-state index contributed by atoms with van der Waals surface area (Å²) in [4.78, 5) is 24.7. The lowest BCUT2D eigenvalue weighted by Gasteiger charge is -2.47. The lowest BCUT2D eigenvalue weighted by molar-refractivity contribution is -0.407. The zero-order valence-corrected chi connectivity index (χ0v) is 20.4. The van der Waals surface area contributed by atoms with Gasteiger partial charge in [0.1, 0.15) is 23.8 Å². The van der Waals surface area contributed by atoms with Crippen LogP contribution in [0.4, 0.5) is 4.79 Å². The molecule has 4 fully saturated rings. The molecule has 194 valence electrons. The molecular formula is C22H32ClN5O7. The molecule has 0 spiro atoms. The quantitative estimate of drug-likeness (QED) is 0.308. The Labute approximate surface area is 208 Å². The maximum atomic E-state index is 11.7. The van der Waals surface area contributed by atoms with E-state index in [9.17, 15) is 9.90 Å². The molecule has 7 atom stereocenters. The minimum absolute atomic E-state index is 0.0321. The molecule has 12 nitrogen and oxygen atoms in total. The summed E-state index contributed by atoms with van der Waals surface area (Å²) >= 11 is 6.55. The van der Waals surface area contributed by atoms with Crippen LogP contribution in [0.25, 0.3) is 0 Å². The molecule has 0 radical (unpaired) electrons. The van der Waals surface area contributed by atoms with E-state index >= 15 is 0 Å². The van der Waals surface area contributed by atoms with Crippen LogP contribution in [-0.4, -0.2) is 90.5 Å². The fourth-order valence-electron chi connectivity index (χ4n) is 5.55. The van der Waals surface area contributed by atoms with Crippen LogP contribution < -0.4 is 25.8 Å². The second-order valence-corrected chi connectivity index (χ2v) is 9.73. The molecule has 1 amide bonds. The van der Waals surface area contributed by atoms with Gasteiger partial charge in [0, 0.05) is 24.2 Å². The number of fused-ring (bicyclic) bond motifs is 3. The summed E-state index contributed by atoms with van der Waals surface area (Å²) < 4.78 is 17.1. The third-order valence-electron chi connectivity index (χ3n) is 7.30. The molecule has 35 heavy (non-hydrogen) atoms. The smallest absolute Gasteiger partial charge is 0.407 e. The fraction of sp³-hybridized carbons (Fsp3) is 0.682. The number of piperazine rings is 1. The van der Waals surface area contributed by atoms with Crippen molar-refractivity contribution in [2.75, 3.05) is 27.4 Å². The predicted octanol–water partition coefficient (Wildman–Crippen LogP) is 1.01. The normalized spacial score (nSPS) is 34.9. The van der Waals surface area contributed by atoms with Gasteiger partial charge in [0.25, 0.3) is 0 Å². The first-order chi connectivity index (χ1) is 17.0. The van der Waals surface area contributed by atoms with Crippen LogP contribution in [0.5, 0.6) is 11.5 Å². The van der Waals surface area contributed by atoms with Gasteiger partial charge in [-0.3, -0.25) is 15.1 Å². The van der Waals surface area contributed by atoms with Crippen molar-refractivity contribution in [3.05, 3.63) is 23.8 Å². The van der Waals surface area contributed by atoms with Crippen LogP contribution in [0.15, 0.2) is 18.2 Å². The highest BCUT2D eigenvalue weighted by molar-refractivity contribution is 6.20. The molecule has 13 heteroatoms. The Kier molecular flexibility index (Phi) is 7.51. The van der Waals surface area contributed by atoms with Gasteiger partial charge in [0.2, 0.25) is 0 Å². The molecule has 0 aliphatic carbocycles. The van der Waals surface area contributed by atoms with E-state index in [4.69, 9.17) is 35.6 Å². The molecule has 4 saturated heterocycles. The van der Waals surface area contributed by atoms with Gasteiger partial charge in [-0.15, -0.1) is 11.6 Å². The van der Waals surface area contributed by atoms with Crippen molar-refractivity contribution in [1.82, 2.24) is 26.2 Å². The van der Waals surface area contributed by atoms with E-state index in [1.165, 1.54) is 0 Å². The minimum Gasteiger partial charge on any atom is -0.497 e. The number of ether oxygens (including phenoxy) is 3. The highest BCUT2D eigenvalue weighted by Gasteiger charge is 2.48. The van der Waals surface area contributed by atoms with E-state index in [1.807, 2.05) is 18.2 Å². The van der Waals surface area contributed by atoms with E-state index in [-0.39, 0.29) is 29.7 Å². The van der Waals surface area contributed by atoms with Crippen molar-refractivity contribution in [3.63, 3.8) is 0 Å². The van der Waals surface area contributed by atoms with Crippen LogP contribution in [-0.2, 0) is 21.1 Å². The number of benzene rings is 1. The number of hydrogen-bond acceptors (Lipinski definition) is 10. The molecule has 5 unspecified atom stereocenters.